The number of carbonyl (C=O) groups excluding carboxylic acids is 1. The summed E-state index contributed by atoms with van der Waals surface area (Å²) in [6, 6.07) is 13.9. The van der Waals surface area contributed by atoms with Crippen LogP contribution in [-0.4, -0.2) is 57.8 Å². The van der Waals surface area contributed by atoms with Gasteiger partial charge in [0, 0.05) is 31.9 Å². The molecule has 144 valence electrons. The largest absolute Gasteiger partial charge is 0.497 e. The average Bonchev–Trinajstić information content (AvgIpc) is 2.69. The lowest BCUT2D eigenvalue weighted by atomic mass is 10.2. The molecule has 1 amide bonds. The minimum absolute atomic E-state index is 0.0169. The van der Waals surface area contributed by atoms with Crippen molar-refractivity contribution in [1.29, 1.82) is 0 Å². The fourth-order valence-electron chi connectivity index (χ4n) is 3.27. The molecule has 1 saturated heterocycles. The highest BCUT2D eigenvalue weighted by Crippen LogP contribution is 2.25. The number of benzene rings is 2. The smallest absolute Gasteiger partial charge is 0.238 e. The predicted molar refractivity (Wildman–Crippen MR) is 108 cm³/mol. The molecule has 1 fully saturated rings. The molecule has 0 spiro atoms. The van der Waals surface area contributed by atoms with Crippen LogP contribution in [0.1, 0.15) is 5.56 Å². The molecule has 0 atom stereocenters. The van der Waals surface area contributed by atoms with E-state index in [0.29, 0.717) is 12.3 Å². The highest BCUT2D eigenvalue weighted by Gasteiger charge is 2.20. The molecule has 1 aliphatic heterocycles. The van der Waals surface area contributed by atoms with Gasteiger partial charge < -0.3 is 19.7 Å². The normalized spacial score (nSPS) is 14.7. The summed E-state index contributed by atoms with van der Waals surface area (Å²) in [5.41, 5.74) is 2.99. The zero-order valence-electron chi connectivity index (χ0n) is 16.2. The van der Waals surface area contributed by atoms with Gasteiger partial charge in [0.2, 0.25) is 5.91 Å². The molecule has 2 aromatic carbocycles. The Morgan fingerprint density at radius 2 is 1.70 bits per heavy atom. The van der Waals surface area contributed by atoms with E-state index in [-0.39, 0.29) is 5.91 Å². The van der Waals surface area contributed by atoms with Crippen LogP contribution in [-0.2, 0) is 4.79 Å². The first-order valence-corrected chi connectivity index (χ1v) is 9.15. The van der Waals surface area contributed by atoms with Crippen molar-refractivity contribution in [2.75, 3.05) is 57.2 Å². The van der Waals surface area contributed by atoms with Crippen LogP contribution in [0.3, 0.4) is 0 Å². The summed E-state index contributed by atoms with van der Waals surface area (Å²) in [5.74, 6) is 1.52. The number of rotatable bonds is 6. The zero-order valence-corrected chi connectivity index (χ0v) is 16.2. The summed E-state index contributed by atoms with van der Waals surface area (Å²) in [7, 11) is 3.28. The molecule has 0 radical (unpaired) electrons. The van der Waals surface area contributed by atoms with Gasteiger partial charge in [-0.3, -0.25) is 9.69 Å². The third-order valence-electron chi connectivity index (χ3n) is 4.81. The number of nitrogens with one attached hydrogen (secondary N) is 1. The maximum absolute atomic E-state index is 12.4. The van der Waals surface area contributed by atoms with E-state index in [0.717, 1.165) is 43.2 Å². The van der Waals surface area contributed by atoms with Gasteiger partial charge in [-0.1, -0.05) is 6.07 Å². The number of anilines is 2. The number of hydrogen-bond acceptors (Lipinski definition) is 5. The Morgan fingerprint density at radius 1 is 1.00 bits per heavy atom. The van der Waals surface area contributed by atoms with E-state index in [1.807, 2.05) is 37.3 Å². The molecule has 6 heteroatoms. The monoisotopic (exact) mass is 369 g/mol. The summed E-state index contributed by atoms with van der Waals surface area (Å²) in [5, 5.41) is 2.97. The highest BCUT2D eigenvalue weighted by molar-refractivity contribution is 5.93. The number of aryl methyl sites for hydroxylation is 1. The lowest BCUT2D eigenvalue weighted by Gasteiger charge is -2.35. The molecule has 2 aromatic rings. The molecule has 1 heterocycles. The minimum atomic E-state index is -0.0169. The number of nitrogens with zero attached hydrogens (tertiary/aromatic N) is 2. The first kappa shape index (κ1) is 19.0. The van der Waals surface area contributed by atoms with Crippen molar-refractivity contribution >= 4 is 17.3 Å². The standard InChI is InChI=1S/C21H27N3O3/c1-16-4-9-20(27-3)19(14-16)22-21(25)15-23-10-12-24(13-11-23)17-5-7-18(26-2)8-6-17/h4-9,14H,10-13,15H2,1-3H3,(H,22,25). The Kier molecular flexibility index (Phi) is 6.19. The molecular formula is C21H27N3O3. The molecule has 6 nitrogen and oxygen atoms in total. The molecule has 0 aromatic heterocycles. The first-order chi connectivity index (χ1) is 13.1. The van der Waals surface area contributed by atoms with Crippen molar-refractivity contribution in [3.05, 3.63) is 48.0 Å². The Balaban J connectivity index is 1.51. The molecule has 0 saturated carbocycles. The second-order valence-corrected chi connectivity index (χ2v) is 6.71. The Morgan fingerprint density at radius 3 is 2.33 bits per heavy atom. The maximum atomic E-state index is 12.4. The molecule has 1 aliphatic rings. The van der Waals surface area contributed by atoms with Crippen molar-refractivity contribution in [2.45, 2.75) is 6.92 Å². The lowest BCUT2D eigenvalue weighted by molar-refractivity contribution is -0.117. The van der Waals surface area contributed by atoms with Crippen LogP contribution in [0.5, 0.6) is 11.5 Å². The van der Waals surface area contributed by atoms with Gasteiger partial charge in [0.25, 0.3) is 0 Å². The van der Waals surface area contributed by atoms with Gasteiger partial charge in [0.05, 0.1) is 26.5 Å². The van der Waals surface area contributed by atoms with Gasteiger partial charge in [-0.25, -0.2) is 0 Å². The maximum Gasteiger partial charge on any atom is 0.238 e. The van der Waals surface area contributed by atoms with E-state index in [1.54, 1.807) is 14.2 Å². The average molecular weight is 369 g/mol. The zero-order chi connectivity index (χ0) is 19.2. The lowest BCUT2D eigenvalue weighted by Crippen LogP contribution is -2.48. The van der Waals surface area contributed by atoms with Crippen molar-refractivity contribution in [2.24, 2.45) is 0 Å². The van der Waals surface area contributed by atoms with Crippen LogP contribution >= 0.6 is 0 Å². The van der Waals surface area contributed by atoms with E-state index in [4.69, 9.17) is 9.47 Å². The van der Waals surface area contributed by atoms with Crippen LogP contribution in [0.2, 0.25) is 0 Å². The van der Waals surface area contributed by atoms with Gasteiger partial charge in [-0.05, 0) is 48.9 Å². The minimum Gasteiger partial charge on any atom is -0.497 e. The van der Waals surface area contributed by atoms with E-state index >= 15 is 0 Å². The van der Waals surface area contributed by atoms with Crippen LogP contribution < -0.4 is 19.7 Å². The van der Waals surface area contributed by atoms with Gasteiger partial charge >= 0.3 is 0 Å². The van der Waals surface area contributed by atoms with E-state index < -0.39 is 0 Å². The summed E-state index contributed by atoms with van der Waals surface area (Å²) >= 11 is 0. The molecule has 3 rings (SSSR count). The van der Waals surface area contributed by atoms with Crippen LogP contribution in [0.15, 0.2) is 42.5 Å². The summed E-state index contributed by atoms with van der Waals surface area (Å²) in [4.78, 5) is 17.0. The van der Waals surface area contributed by atoms with Gasteiger partial charge in [-0.2, -0.15) is 0 Å². The number of amides is 1. The molecule has 1 N–H and O–H groups in total. The Hall–Kier alpha value is -2.73. The quantitative estimate of drug-likeness (QED) is 0.849. The van der Waals surface area contributed by atoms with Crippen molar-refractivity contribution in [1.82, 2.24) is 4.90 Å². The summed E-state index contributed by atoms with van der Waals surface area (Å²) in [6.45, 7) is 5.87. The molecule has 0 bridgehead atoms. The number of methoxy groups -OCH3 is 2. The van der Waals surface area contributed by atoms with E-state index in [9.17, 15) is 4.79 Å². The second kappa shape index (κ2) is 8.77. The summed E-state index contributed by atoms with van der Waals surface area (Å²) in [6.07, 6.45) is 0. The van der Waals surface area contributed by atoms with Crippen LogP contribution in [0.25, 0.3) is 0 Å². The van der Waals surface area contributed by atoms with Gasteiger partial charge in [0.15, 0.2) is 0 Å². The van der Waals surface area contributed by atoms with E-state index in [1.165, 1.54) is 5.69 Å². The summed E-state index contributed by atoms with van der Waals surface area (Å²) < 4.78 is 10.5. The number of ether oxygens (including phenoxy) is 2. The molecular weight excluding hydrogens is 342 g/mol. The Labute approximate surface area is 160 Å². The van der Waals surface area contributed by atoms with Crippen molar-refractivity contribution in [3.63, 3.8) is 0 Å². The number of carbonyl (C=O) groups is 1. The molecule has 0 unspecified atom stereocenters. The fourth-order valence-corrected chi connectivity index (χ4v) is 3.27. The topological polar surface area (TPSA) is 54.0 Å². The van der Waals surface area contributed by atoms with Crippen LogP contribution in [0.4, 0.5) is 11.4 Å². The number of piperazine rings is 1. The van der Waals surface area contributed by atoms with E-state index in [2.05, 4.69) is 27.2 Å². The SMILES string of the molecule is COc1ccc(N2CCN(CC(=O)Nc3cc(C)ccc3OC)CC2)cc1. The van der Waals surface area contributed by atoms with Crippen molar-refractivity contribution < 1.29 is 14.3 Å². The number of hydrogen-bond donors (Lipinski definition) is 1. The van der Waals surface area contributed by atoms with Crippen LogP contribution in [0, 0.1) is 6.92 Å². The fraction of sp³-hybridized carbons (Fsp3) is 0.381. The molecule has 27 heavy (non-hydrogen) atoms. The molecule has 0 aliphatic carbocycles. The third kappa shape index (κ3) is 4.92. The predicted octanol–water partition coefficient (Wildman–Crippen LogP) is 2.77. The second-order valence-electron chi connectivity index (χ2n) is 6.71. The van der Waals surface area contributed by atoms with Crippen molar-refractivity contribution in [3.8, 4) is 11.5 Å². The highest BCUT2D eigenvalue weighted by atomic mass is 16.5. The van der Waals surface area contributed by atoms with Gasteiger partial charge in [0.1, 0.15) is 11.5 Å². The van der Waals surface area contributed by atoms with Gasteiger partial charge in [-0.15, -0.1) is 0 Å². The third-order valence-corrected chi connectivity index (χ3v) is 4.81. The Bertz CT molecular complexity index is 769. The first-order valence-electron chi connectivity index (χ1n) is 9.15.